The normalized spacial score (nSPS) is 12.1. The number of aromatic nitrogens is 3. The summed E-state index contributed by atoms with van der Waals surface area (Å²) in [4.78, 5) is 34.8. The fourth-order valence-corrected chi connectivity index (χ4v) is 4.22. The van der Waals surface area contributed by atoms with Gasteiger partial charge >= 0.3 is 5.97 Å². The van der Waals surface area contributed by atoms with Crippen LogP contribution in [-0.4, -0.2) is 38.9 Å². The molecule has 0 spiro atoms. The topological polar surface area (TPSA) is 107 Å². The van der Waals surface area contributed by atoms with Gasteiger partial charge in [0.2, 0.25) is 0 Å². The Morgan fingerprint density at radius 3 is 2.81 bits per heavy atom. The Morgan fingerprint density at radius 2 is 2.11 bits per heavy atom. The molecule has 0 fully saturated rings. The van der Waals surface area contributed by atoms with Crippen molar-refractivity contribution in [3.05, 3.63) is 28.6 Å². The zero-order chi connectivity index (χ0) is 19.6. The van der Waals surface area contributed by atoms with E-state index in [2.05, 4.69) is 20.4 Å². The summed E-state index contributed by atoms with van der Waals surface area (Å²) in [5.41, 5.74) is 1.11. The van der Waals surface area contributed by atoms with Gasteiger partial charge in [0.05, 0.1) is 5.75 Å². The van der Waals surface area contributed by atoms with Crippen LogP contribution in [0.1, 0.15) is 23.1 Å². The lowest BCUT2D eigenvalue weighted by atomic mass is 10.2. The number of anilines is 1. The predicted octanol–water partition coefficient (Wildman–Crippen LogP) is 3.27. The van der Waals surface area contributed by atoms with Crippen LogP contribution in [0.2, 0.25) is 0 Å². The van der Waals surface area contributed by atoms with Crippen LogP contribution in [-0.2, 0) is 14.3 Å². The summed E-state index contributed by atoms with van der Waals surface area (Å²) < 4.78 is 10.1. The van der Waals surface area contributed by atoms with Gasteiger partial charge in [-0.3, -0.25) is 9.59 Å². The monoisotopic (exact) mass is 406 g/mol. The number of esters is 1. The maximum Gasteiger partial charge on any atom is 0.317 e. The molecule has 0 aliphatic rings. The van der Waals surface area contributed by atoms with E-state index < -0.39 is 18.0 Å². The minimum Gasteiger partial charge on any atom is -0.452 e. The quantitative estimate of drug-likeness (QED) is 0.378. The largest absolute Gasteiger partial charge is 0.452 e. The van der Waals surface area contributed by atoms with Gasteiger partial charge in [-0.25, -0.2) is 9.97 Å². The standard InChI is InChI=1S/C17H18N4O4S2/c1-8-5-12(21-25-8)20-15(23)10(3)24-13(22)6-26-16-14-9(2)11(4)27-17(14)19-7-18-16/h5,7,10H,6H2,1-4H3,(H,20,21,23)/t10-/m0/s1. The lowest BCUT2D eigenvalue weighted by Crippen LogP contribution is -2.30. The number of nitrogens with one attached hydrogen (secondary N) is 1. The van der Waals surface area contributed by atoms with Crippen LogP contribution in [0.15, 0.2) is 21.9 Å². The highest BCUT2D eigenvalue weighted by Gasteiger charge is 2.20. The van der Waals surface area contributed by atoms with E-state index in [1.54, 1.807) is 24.3 Å². The highest BCUT2D eigenvalue weighted by molar-refractivity contribution is 8.00. The van der Waals surface area contributed by atoms with Crippen molar-refractivity contribution in [3.63, 3.8) is 0 Å². The predicted molar refractivity (Wildman–Crippen MR) is 103 cm³/mol. The van der Waals surface area contributed by atoms with Crippen molar-refractivity contribution in [2.24, 2.45) is 0 Å². The van der Waals surface area contributed by atoms with Gasteiger partial charge in [-0.1, -0.05) is 16.9 Å². The molecule has 3 heterocycles. The minimum absolute atomic E-state index is 0.0428. The van der Waals surface area contributed by atoms with Gasteiger partial charge < -0.3 is 14.6 Å². The molecule has 3 aromatic rings. The number of amides is 1. The smallest absolute Gasteiger partial charge is 0.317 e. The third kappa shape index (κ3) is 4.45. The fraction of sp³-hybridized carbons (Fsp3) is 0.353. The first-order chi connectivity index (χ1) is 12.8. The van der Waals surface area contributed by atoms with E-state index in [1.807, 2.05) is 13.8 Å². The van der Waals surface area contributed by atoms with Gasteiger partial charge in [-0.15, -0.1) is 11.3 Å². The number of rotatable bonds is 6. The third-order valence-corrected chi connectivity index (χ3v) is 5.89. The average Bonchev–Trinajstić information content (AvgIpc) is 3.16. The molecule has 0 aliphatic carbocycles. The molecule has 27 heavy (non-hydrogen) atoms. The molecular formula is C17H18N4O4S2. The number of carbonyl (C=O) groups is 2. The summed E-state index contributed by atoms with van der Waals surface area (Å²) in [6.07, 6.45) is 0.534. The van der Waals surface area contributed by atoms with Gasteiger partial charge in [0.15, 0.2) is 11.9 Å². The molecule has 0 saturated carbocycles. The van der Waals surface area contributed by atoms with Crippen molar-refractivity contribution in [2.45, 2.75) is 38.8 Å². The van der Waals surface area contributed by atoms with Crippen molar-refractivity contribution in [1.82, 2.24) is 15.1 Å². The summed E-state index contributed by atoms with van der Waals surface area (Å²) in [6, 6.07) is 1.58. The Balaban J connectivity index is 1.57. The molecule has 0 aromatic carbocycles. The first kappa shape index (κ1) is 19.3. The minimum atomic E-state index is -0.953. The Labute approximate surface area is 163 Å². The second-order valence-corrected chi connectivity index (χ2v) is 8.04. The Bertz CT molecular complexity index is 998. The number of hydrogen-bond acceptors (Lipinski definition) is 9. The van der Waals surface area contributed by atoms with E-state index in [-0.39, 0.29) is 11.6 Å². The zero-order valence-electron chi connectivity index (χ0n) is 15.2. The lowest BCUT2D eigenvalue weighted by molar-refractivity contribution is -0.150. The van der Waals surface area contributed by atoms with Crippen LogP contribution in [0.4, 0.5) is 5.82 Å². The summed E-state index contributed by atoms with van der Waals surface area (Å²) in [7, 11) is 0. The van der Waals surface area contributed by atoms with Gasteiger partial charge in [0.25, 0.3) is 5.91 Å². The maximum absolute atomic E-state index is 12.1. The Kier molecular flexibility index (Phi) is 5.76. The number of thiophene rings is 1. The molecule has 0 aliphatic heterocycles. The molecule has 0 bridgehead atoms. The van der Waals surface area contributed by atoms with Gasteiger partial charge in [0, 0.05) is 16.3 Å². The first-order valence-corrected chi connectivity index (χ1v) is 9.92. The van der Waals surface area contributed by atoms with Crippen LogP contribution in [0, 0.1) is 20.8 Å². The van der Waals surface area contributed by atoms with E-state index >= 15 is 0 Å². The molecule has 10 heteroatoms. The van der Waals surface area contributed by atoms with Gasteiger partial charge in [0.1, 0.15) is 21.9 Å². The van der Waals surface area contributed by atoms with E-state index in [1.165, 1.54) is 29.9 Å². The second-order valence-electron chi connectivity index (χ2n) is 5.88. The van der Waals surface area contributed by atoms with Crippen molar-refractivity contribution >= 4 is 51.0 Å². The highest BCUT2D eigenvalue weighted by atomic mass is 32.2. The van der Waals surface area contributed by atoms with E-state index in [4.69, 9.17) is 9.26 Å². The molecule has 1 N–H and O–H groups in total. The lowest BCUT2D eigenvalue weighted by Gasteiger charge is -2.12. The van der Waals surface area contributed by atoms with Crippen LogP contribution >= 0.6 is 23.1 Å². The average molecular weight is 406 g/mol. The highest BCUT2D eigenvalue weighted by Crippen LogP contribution is 2.34. The number of aryl methyl sites for hydroxylation is 3. The van der Waals surface area contributed by atoms with Crippen molar-refractivity contribution < 1.29 is 18.8 Å². The van der Waals surface area contributed by atoms with E-state index in [0.29, 0.717) is 5.76 Å². The summed E-state index contributed by atoms with van der Waals surface area (Å²) in [5, 5.41) is 7.89. The molecular weight excluding hydrogens is 388 g/mol. The molecule has 3 aromatic heterocycles. The van der Waals surface area contributed by atoms with Crippen molar-refractivity contribution in [3.8, 4) is 0 Å². The van der Waals surface area contributed by atoms with Crippen LogP contribution in [0.25, 0.3) is 10.2 Å². The molecule has 1 atom stereocenters. The van der Waals surface area contributed by atoms with Crippen molar-refractivity contribution in [2.75, 3.05) is 11.1 Å². The van der Waals surface area contributed by atoms with Crippen LogP contribution in [0.3, 0.4) is 0 Å². The Hall–Kier alpha value is -2.46. The van der Waals surface area contributed by atoms with Gasteiger partial charge in [-0.05, 0) is 33.3 Å². The number of ether oxygens (including phenoxy) is 1. The fourth-order valence-electron chi connectivity index (χ4n) is 2.32. The molecule has 0 saturated heterocycles. The summed E-state index contributed by atoms with van der Waals surface area (Å²) in [5.74, 6) is -0.0881. The number of fused-ring (bicyclic) bond motifs is 1. The van der Waals surface area contributed by atoms with Gasteiger partial charge in [-0.2, -0.15) is 0 Å². The molecule has 3 rings (SSSR count). The molecule has 142 valence electrons. The number of nitrogens with zero attached hydrogens (tertiary/aromatic N) is 3. The molecule has 1 amide bonds. The third-order valence-electron chi connectivity index (χ3n) is 3.81. The maximum atomic E-state index is 12.1. The second kappa shape index (κ2) is 8.05. The van der Waals surface area contributed by atoms with E-state index in [9.17, 15) is 9.59 Å². The molecule has 8 nitrogen and oxygen atoms in total. The van der Waals surface area contributed by atoms with Crippen LogP contribution < -0.4 is 5.32 Å². The zero-order valence-corrected chi connectivity index (χ0v) is 16.9. The number of carbonyl (C=O) groups excluding carboxylic acids is 2. The molecule has 0 radical (unpaired) electrons. The van der Waals surface area contributed by atoms with Crippen molar-refractivity contribution in [1.29, 1.82) is 0 Å². The number of hydrogen-bond donors (Lipinski definition) is 1. The summed E-state index contributed by atoms with van der Waals surface area (Å²) in [6.45, 7) is 7.25. The van der Waals surface area contributed by atoms with E-state index in [0.717, 1.165) is 20.8 Å². The summed E-state index contributed by atoms with van der Waals surface area (Å²) >= 11 is 2.87. The van der Waals surface area contributed by atoms with Crippen LogP contribution in [0.5, 0.6) is 0 Å². The molecule has 0 unspecified atom stereocenters. The first-order valence-electron chi connectivity index (χ1n) is 8.12. The Morgan fingerprint density at radius 1 is 1.33 bits per heavy atom. The SMILES string of the molecule is Cc1cc(NC(=O)[C@H](C)OC(=O)CSc2ncnc3sc(C)c(C)c23)no1. The number of thioether (sulfide) groups is 1.